The SMILES string of the molecule is Nc1nc(Nc2ccc(S(N)(=O)=O)cn2)sc1C(=O)c1c(F)cccc1F. The fourth-order valence-electron chi connectivity index (χ4n) is 2.11. The predicted molar refractivity (Wildman–Crippen MR) is 95.2 cm³/mol. The zero-order valence-electron chi connectivity index (χ0n) is 13.3. The summed E-state index contributed by atoms with van der Waals surface area (Å²) in [6.45, 7) is 0. The van der Waals surface area contributed by atoms with Gasteiger partial charge in [0.05, 0.1) is 5.56 Å². The Morgan fingerprint density at radius 2 is 1.81 bits per heavy atom. The molecule has 0 fully saturated rings. The Labute approximate surface area is 155 Å². The summed E-state index contributed by atoms with van der Waals surface area (Å²) in [4.78, 5) is 19.9. The van der Waals surface area contributed by atoms with Gasteiger partial charge < -0.3 is 11.1 Å². The number of nitrogens with zero attached hydrogens (tertiary/aromatic N) is 2. The number of carbonyl (C=O) groups is 1. The lowest BCUT2D eigenvalue weighted by Gasteiger charge is -2.03. The van der Waals surface area contributed by atoms with Crippen molar-refractivity contribution in [2.24, 2.45) is 5.14 Å². The Hall–Kier alpha value is -2.96. The van der Waals surface area contributed by atoms with Crippen LogP contribution < -0.4 is 16.2 Å². The number of benzene rings is 1. The highest BCUT2D eigenvalue weighted by Gasteiger charge is 2.24. The number of nitrogen functional groups attached to an aromatic ring is 1. The fourth-order valence-corrected chi connectivity index (χ4v) is 3.40. The molecule has 0 aliphatic rings. The highest BCUT2D eigenvalue weighted by Crippen LogP contribution is 2.30. The van der Waals surface area contributed by atoms with Crippen molar-refractivity contribution >= 4 is 43.9 Å². The van der Waals surface area contributed by atoms with Crippen LogP contribution in [0.2, 0.25) is 0 Å². The van der Waals surface area contributed by atoms with E-state index < -0.39 is 33.0 Å². The van der Waals surface area contributed by atoms with Crippen LogP contribution in [0, 0.1) is 11.6 Å². The number of halogens is 2. The van der Waals surface area contributed by atoms with Crippen LogP contribution in [0.1, 0.15) is 15.2 Å². The summed E-state index contributed by atoms with van der Waals surface area (Å²) < 4.78 is 50.0. The minimum atomic E-state index is -3.88. The molecule has 12 heteroatoms. The van der Waals surface area contributed by atoms with E-state index in [1.807, 2.05) is 0 Å². The van der Waals surface area contributed by atoms with Crippen LogP contribution in [0.3, 0.4) is 0 Å². The molecule has 0 spiro atoms. The molecule has 0 bridgehead atoms. The van der Waals surface area contributed by atoms with Gasteiger partial charge in [-0.05, 0) is 24.3 Å². The van der Waals surface area contributed by atoms with Crippen LogP contribution in [0.15, 0.2) is 41.4 Å². The standard InChI is InChI=1S/C15H11F2N5O3S2/c16-8-2-1-3-9(17)11(8)12(23)13-14(18)22-15(26-13)21-10-5-4-7(6-20-10)27(19,24)25/h1-6H,18H2,(H2,19,24,25)(H,20,21,22). The first-order valence-electron chi connectivity index (χ1n) is 7.17. The average Bonchev–Trinajstić information content (AvgIpc) is 2.94. The number of thiazole rings is 1. The topological polar surface area (TPSA) is 141 Å². The van der Waals surface area contributed by atoms with Crippen LogP contribution in [0.4, 0.5) is 25.5 Å². The third kappa shape index (κ3) is 3.92. The number of carbonyl (C=O) groups excluding carboxylic acids is 1. The van der Waals surface area contributed by atoms with Crippen molar-refractivity contribution in [1.82, 2.24) is 9.97 Å². The van der Waals surface area contributed by atoms with E-state index in [2.05, 4.69) is 15.3 Å². The van der Waals surface area contributed by atoms with Gasteiger partial charge in [-0.2, -0.15) is 0 Å². The molecule has 1 aromatic carbocycles. The lowest BCUT2D eigenvalue weighted by Crippen LogP contribution is -2.12. The van der Waals surface area contributed by atoms with Crippen LogP contribution in [-0.2, 0) is 10.0 Å². The molecule has 0 saturated carbocycles. The predicted octanol–water partition coefficient (Wildman–Crippen LogP) is 2.02. The first-order chi connectivity index (χ1) is 12.7. The largest absolute Gasteiger partial charge is 0.382 e. The van der Waals surface area contributed by atoms with Gasteiger partial charge in [-0.25, -0.2) is 32.3 Å². The summed E-state index contributed by atoms with van der Waals surface area (Å²) in [5.41, 5.74) is 4.97. The maximum absolute atomic E-state index is 13.8. The van der Waals surface area contributed by atoms with Crippen LogP contribution >= 0.6 is 11.3 Å². The number of rotatable bonds is 5. The molecule has 2 aromatic heterocycles. The van der Waals surface area contributed by atoms with E-state index in [9.17, 15) is 22.0 Å². The van der Waals surface area contributed by atoms with Gasteiger partial charge in [0.15, 0.2) is 5.13 Å². The van der Waals surface area contributed by atoms with Crippen molar-refractivity contribution in [3.8, 4) is 0 Å². The molecule has 0 saturated heterocycles. The second-order valence-corrected chi connectivity index (χ2v) is 7.77. The average molecular weight is 411 g/mol. The summed E-state index contributed by atoms with van der Waals surface area (Å²) in [7, 11) is -3.88. The van der Waals surface area contributed by atoms with E-state index in [4.69, 9.17) is 10.9 Å². The van der Waals surface area contributed by atoms with Gasteiger partial charge in [-0.3, -0.25) is 4.79 Å². The highest BCUT2D eigenvalue weighted by molar-refractivity contribution is 7.89. The molecular weight excluding hydrogens is 400 g/mol. The number of anilines is 3. The number of nitrogens with two attached hydrogens (primary N) is 2. The Morgan fingerprint density at radius 1 is 1.15 bits per heavy atom. The van der Waals surface area contributed by atoms with Gasteiger partial charge in [0.25, 0.3) is 0 Å². The second kappa shape index (κ2) is 6.98. The zero-order valence-corrected chi connectivity index (χ0v) is 14.9. The molecule has 3 rings (SSSR count). The maximum atomic E-state index is 13.8. The highest BCUT2D eigenvalue weighted by atomic mass is 32.2. The van der Waals surface area contributed by atoms with E-state index in [1.165, 1.54) is 12.1 Å². The number of pyridine rings is 1. The Bertz CT molecular complexity index is 1110. The van der Waals surface area contributed by atoms with Gasteiger partial charge in [-0.1, -0.05) is 17.4 Å². The fraction of sp³-hybridized carbons (Fsp3) is 0. The molecule has 0 unspecified atom stereocenters. The van der Waals surface area contributed by atoms with Crippen molar-refractivity contribution in [3.05, 3.63) is 58.6 Å². The van der Waals surface area contributed by atoms with Crippen molar-refractivity contribution in [2.45, 2.75) is 4.90 Å². The number of hydrogen-bond acceptors (Lipinski definition) is 8. The van der Waals surface area contributed by atoms with Gasteiger partial charge in [-0.15, -0.1) is 0 Å². The molecule has 0 amide bonds. The number of hydrogen-bond donors (Lipinski definition) is 3. The molecule has 3 aromatic rings. The third-order valence-electron chi connectivity index (χ3n) is 3.35. The monoisotopic (exact) mass is 411 g/mol. The van der Waals surface area contributed by atoms with E-state index in [1.54, 1.807) is 0 Å². The number of primary sulfonamides is 1. The minimum absolute atomic E-state index is 0.128. The quantitative estimate of drug-likeness (QED) is 0.545. The molecule has 0 atom stereocenters. The van der Waals surface area contributed by atoms with E-state index in [0.717, 1.165) is 35.7 Å². The molecule has 0 aliphatic carbocycles. The molecule has 0 aliphatic heterocycles. The number of nitrogens with one attached hydrogen (secondary N) is 1. The molecular formula is C15H11F2N5O3S2. The van der Waals surface area contributed by atoms with Gasteiger partial charge in [0, 0.05) is 6.20 Å². The third-order valence-corrected chi connectivity index (χ3v) is 5.23. The zero-order chi connectivity index (χ0) is 19.8. The number of aromatic nitrogens is 2. The molecule has 0 radical (unpaired) electrons. The van der Waals surface area contributed by atoms with Crippen LogP contribution in [0.25, 0.3) is 0 Å². The molecule has 8 nitrogen and oxygen atoms in total. The first-order valence-corrected chi connectivity index (χ1v) is 9.54. The van der Waals surface area contributed by atoms with Crippen molar-refractivity contribution < 1.29 is 22.0 Å². The van der Waals surface area contributed by atoms with Crippen molar-refractivity contribution in [1.29, 1.82) is 0 Å². The summed E-state index contributed by atoms with van der Waals surface area (Å²) in [5.74, 6) is -2.97. The molecule has 140 valence electrons. The Morgan fingerprint density at radius 3 is 2.37 bits per heavy atom. The van der Waals surface area contributed by atoms with E-state index >= 15 is 0 Å². The molecule has 2 heterocycles. The summed E-state index contributed by atoms with van der Waals surface area (Å²) >= 11 is 0.771. The summed E-state index contributed by atoms with van der Waals surface area (Å²) in [6.07, 6.45) is 1.04. The lowest BCUT2D eigenvalue weighted by molar-refractivity contribution is 0.103. The summed E-state index contributed by atoms with van der Waals surface area (Å²) in [6, 6.07) is 5.62. The Balaban J connectivity index is 1.88. The number of sulfonamides is 1. The minimum Gasteiger partial charge on any atom is -0.382 e. The van der Waals surface area contributed by atoms with Crippen LogP contribution in [-0.4, -0.2) is 24.2 Å². The van der Waals surface area contributed by atoms with Crippen molar-refractivity contribution in [3.63, 3.8) is 0 Å². The Kier molecular flexibility index (Phi) is 4.87. The van der Waals surface area contributed by atoms with Crippen LogP contribution in [0.5, 0.6) is 0 Å². The van der Waals surface area contributed by atoms with Crippen molar-refractivity contribution in [2.75, 3.05) is 11.1 Å². The normalized spacial score (nSPS) is 11.4. The van der Waals surface area contributed by atoms with Gasteiger partial charge in [0.2, 0.25) is 15.8 Å². The lowest BCUT2D eigenvalue weighted by atomic mass is 10.1. The number of ketones is 1. The van der Waals surface area contributed by atoms with Gasteiger partial charge >= 0.3 is 0 Å². The molecule has 27 heavy (non-hydrogen) atoms. The maximum Gasteiger partial charge on any atom is 0.239 e. The van der Waals surface area contributed by atoms with E-state index in [0.29, 0.717) is 0 Å². The first kappa shape index (κ1) is 18.8. The van der Waals surface area contributed by atoms with Gasteiger partial charge in [0.1, 0.15) is 33.0 Å². The van der Waals surface area contributed by atoms with E-state index in [-0.39, 0.29) is 26.5 Å². The second-order valence-electron chi connectivity index (χ2n) is 5.21. The molecule has 5 N–H and O–H groups in total. The smallest absolute Gasteiger partial charge is 0.239 e. The summed E-state index contributed by atoms with van der Waals surface area (Å²) in [5, 5.41) is 7.83.